The van der Waals surface area contributed by atoms with Crippen LogP contribution in [0.5, 0.6) is 0 Å². The van der Waals surface area contributed by atoms with Gasteiger partial charge in [-0.25, -0.2) is 0 Å². The standard InChI is InChI=1S/C18H22N4O2/c1-12-20-18(24-21-12)16-10-22(9-15(16)11-23-2)8-13-3-4-17-14(7-13)5-6-19-17/h3-7,15-16,19H,8-11H2,1-2H3/t15-,16+/m0/s1. The van der Waals surface area contributed by atoms with Crippen LogP contribution in [-0.2, 0) is 11.3 Å². The van der Waals surface area contributed by atoms with Gasteiger partial charge in [-0.1, -0.05) is 11.2 Å². The molecular weight excluding hydrogens is 304 g/mol. The number of aryl methyl sites for hydroxylation is 1. The number of methoxy groups -OCH3 is 1. The van der Waals surface area contributed by atoms with Crippen molar-refractivity contribution < 1.29 is 9.26 Å². The van der Waals surface area contributed by atoms with E-state index in [1.165, 1.54) is 16.5 Å². The first kappa shape index (κ1) is 15.4. The Bertz CT molecular complexity index is 825. The van der Waals surface area contributed by atoms with E-state index in [-0.39, 0.29) is 5.92 Å². The molecule has 1 saturated heterocycles. The molecule has 0 bridgehead atoms. The molecule has 0 unspecified atom stereocenters. The fraction of sp³-hybridized carbons (Fsp3) is 0.444. The van der Waals surface area contributed by atoms with Crippen molar-refractivity contribution in [3.8, 4) is 0 Å². The summed E-state index contributed by atoms with van der Waals surface area (Å²) in [7, 11) is 1.75. The van der Waals surface area contributed by atoms with Crippen LogP contribution in [0.25, 0.3) is 10.9 Å². The van der Waals surface area contributed by atoms with Gasteiger partial charge in [0.15, 0.2) is 5.82 Å². The maximum Gasteiger partial charge on any atom is 0.231 e. The van der Waals surface area contributed by atoms with E-state index in [0.717, 1.165) is 25.5 Å². The highest BCUT2D eigenvalue weighted by Crippen LogP contribution is 2.33. The van der Waals surface area contributed by atoms with Gasteiger partial charge < -0.3 is 14.2 Å². The number of nitrogens with one attached hydrogen (secondary N) is 1. The Hall–Kier alpha value is -2.18. The van der Waals surface area contributed by atoms with Crippen LogP contribution in [0.15, 0.2) is 35.0 Å². The number of nitrogens with zero attached hydrogens (tertiary/aromatic N) is 3. The topological polar surface area (TPSA) is 67.2 Å². The number of H-pyrrole nitrogens is 1. The van der Waals surface area contributed by atoms with Gasteiger partial charge in [-0.05, 0) is 36.1 Å². The zero-order valence-electron chi connectivity index (χ0n) is 14.0. The molecule has 1 N–H and O–H groups in total. The monoisotopic (exact) mass is 326 g/mol. The minimum Gasteiger partial charge on any atom is -0.384 e. The molecule has 126 valence electrons. The third-order valence-electron chi connectivity index (χ3n) is 4.78. The first-order valence-corrected chi connectivity index (χ1v) is 8.30. The molecule has 0 radical (unpaired) electrons. The van der Waals surface area contributed by atoms with Crippen molar-refractivity contribution in [1.82, 2.24) is 20.0 Å². The number of benzene rings is 1. The summed E-state index contributed by atoms with van der Waals surface area (Å²) in [6, 6.07) is 8.70. The molecule has 3 aromatic rings. The van der Waals surface area contributed by atoms with Crippen molar-refractivity contribution in [2.45, 2.75) is 19.4 Å². The number of hydrogen-bond donors (Lipinski definition) is 1. The number of ether oxygens (including phenoxy) is 1. The second kappa shape index (κ2) is 6.37. The molecule has 1 fully saturated rings. The molecule has 0 amide bonds. The van der Waals surface area contributed by atoms with Crippen molar-refractivity contribution in [2.24, 2.45) is 5.92 Å². The summed E-state index contributed by atoms with van der Waals surface area (Å²) < 4.78 is 10.8. The van der Waals surface area contributed by atoms with E-state index in [0.29, 0.717) is 18.3 Å². The molecule has 4 rings (SSSR count). The molecule has 2 aromatic heterocycles. The molecule has 0 saturated carbocycles. The predicted molar refractivity (Wildman–Crippen MR) is 90.7 cm³/mol. The van der Waals surface area contributed by atoms with Gasteiger partial charge in [-0.3, -0.25) is 4.90 Å². The molecule has 6 nitrogen and oxygen atoms in total. The second-order valence-corrected chi connectivity index (χ2v) is 6.60. The van der Waals surface area contributed by atoms with Crippen LogP contribution in [0.4, 0.5) is 0 Å². The zero-order chi connectivity index (χ0) is 16.5. The summed E-state index contributed by atoms with van der Waals surface area (Å²) in [6.45, 7) is 5.38. The fourth-order valence-corrected chi connectivity index (χ4v) is 3.68. The fourth-order valence-electron chi connectivity index (χ4n) is 3.68. The quantitative estimate of drug-likeness (QED) is 0.781. The van der Waals surface area contributed by atoms with Gasteiger partial charge >= 0.3 is 0 Å². The van der Waals surface area contributed by atoms with Gasteiger partial charge in [0.2, 0.25) is 5.89 Å². The van der Waals surface area contributed by atoms with Crippen LogP contribution in [0, 0.1) is 12.8 Å². The zero-order valence-corrected chi connectivity index (χ0v) is 14.0. The lowest BCUT2D eigenvalue weighted by Crippen LogP contribution is -2.21. The molecule has 2 atom stereocenters. The Morgan fingerprint density at radius 2 is 2.25 bits per heavy atom. The summed E-state index contributed by atoms with van der Waals surface area (Å²) in [6.07, 6.45) is 1.98. The van der Waals surface area contributed by atoms with E-state index in [1.807, 2.05) is 13.1 Å². The number of likely N-dealkylation sites (tertiary alicyclic amines) is 1. The van der Waals surface area contributed by atoms with Crippen LogP contribution < -0.4 is 0 Å². The van der Waals surface area contributed by atoms with E-state index in [4.69, 9.17) is 9.26 Å². The lowest BCUT2D eigenvalue weighted by molar-refractivity contribution is 0.142. The summed E-state index contributed by atoms with van der Waals surface area (Å²) in [5, 5.41) is 5.20. The predicted octanol–water partition coefficient (Wildman–Crippen LogP) is 2.72. The molecule has 1 aromatic carbocycles. The van der Waals surface area contributed by atoms with E-state index in [2.05, 4.69) is 44.3 Å². The average Bonchev–Trinajstić information content (AvgIpc) is 3.27. The molecular formula is C18H22N4O2. The van der Waals surface area contributed by atoms with Gasteiger partial charge in [0.25, 0.3) is 0 Å². The largest absolute Gasteiger partial charge is 0.384 e. The van der Waals surface area contributed by atoms with Crippen molar-refractivity contribution >= 4 is 10.9 Å². The average molecular weight is 326 g/mol. The van der Waals surface area contributed by atoms with E-state index in [1.54, 1.807) is 7.11 Å². The van der Waals surface area contributed by atoms with E-state index >= 15 is 0 Å². The lowest BCUT2D eigenvalue weighted by Gasteiger charge is -2.15. The van der Waals surface area contributed by atoms with Crippen LogP contribution in [0.3, 0.4) is 0 Å². The van der Waals surface area contributed by atoms with Crippen LogP contribution in [0.1, 0.15) is 23.2 Å². The highest BCUT2D eigenvalue weighted by atomic mass is 16.5. The minimum absolute atomic E-state index is 0.238. The van der Waals surface area contributed by atoms with Gasteiger partial charge in [0, 0.05) is 44.4 Å². The van der Waals surface area contributed by atoms with Crippen LogP contribution in [0.2, 0.25) is 0 Å². The smallest absolute Gasteiger partial charge is 0.231 e. The first-order chi connectivity index (χ1) is 11.7. The Balaban J connectivity index is 1.51. The number of rotatable bonds is 5. The van der Waals surface area contributed by atoms with Gasteiger partial charge in [0.1, 0.15) is 0 Å². The Morgan fingerprint density at radius 3 is 3.04 bits per heavy atom. The number of hydrogen-bond acceptors (Lipinski definition) is 5. The molecule has 6 heteroatoms. The Labute approximate surface area is 140 Å². The van der Waals surface area contributed by atoms with Gasteiger partial charge in [-0.15, -0.1) is 0 Å². The molecule has 3 heterocycles. The SMILES string of the molecule is COC[C@@H]1CN(Cc2ccc3[nH]ccc3c2)C[C@H]1c1nc(C)no1. The third-order valence-corrected chi connectivity index (χ3v) is 4.78. The molecule has 0 aliphatic carbocycles. The minimum atomic E-state index is 0.238. The number of aromatic amines is 1. The first-order valence-electron chi connectivity index (χ1n) is 8.30. The van der Waals surface area contributed by atoms with Crippen LogP contribution >= 0.6 is 0 Å². The number of fused-ring (bicyclic) bond motifs is 1. The van der Waals surface area contributed by atoms with E-state index < -0.39 is 0 Å². The normalized spacial score (nSPS) is 21.8. The highest BCUT2D eigenvalue weighted by molar-refractivity contribution is 5.79. The van der Waals surface area contributed by atoms with Crippen LogP contribution in [-0.4, -0.2) is 46.8 Å². The van der Waals surface area contributed by atoms with Crippen molar-refractivity contribution in [3.63, 3.8) is 0 Å². The summed E-state index contributed by atoms with van der Waals surface area (Å²) in [4.78, 5) is 10.1. The Morgan fingerprint density at radius 1 is 1.33 bits per heavy atom. The molecule has 24 heavy (non-hydrogen) atoms. The second-order valence-electron chi connectivity index (χ2n) is 6.60. The molecule has 1 aliphatic heterocycles. The van der Waals surface area contributed by atoms with Gasteiger partial charge in [0.05, 0.1) is 12.5 Å². The van der Waals surface area contributed by atoms with E-state index in [9.17, 15) is 0 Å². The van der Waals surface area contributed by atoms with Gasteiger partial charge in [-0.2, -0.15) is 4.98 Å². The highest BCUT2D eigenvalue weighted by Gasteiger charge is 2.37. The summed E-state index contributed by atoms with van der Waals surface area (Å²) >= 11 is 0. The Kier molecular flexibility index (Phi) is 4.08. The summed E-state index contributed by atoms with van der Waals surface area (Å²) in [5.74, 6) is 2.05. The van der Waals surface area contributed by atoms with Crippen molar-refractivity contribution in [2.75, 3.05) is 26.8 Å². The number of aromatic nitrogens is 3. The molecule has 0 spiro atoms. The molecule has 1 aliphatic rings. The van der Waals surface area contributed by atoms with Crippen molar-refractivity contribution in [1.29, 1.82) is 0 Å². The van der Waals surface area contributed by atoms with Crippen molar-refractivity contribution in [3.05, 3.63) is 47.7 Å². The third kappa shape index (κ3) is 2.95. The summed E-state index contributed by atoms with van der Waals surface area (Å²) in [5.41, 5.74) is 2.50. The maximum atomic E-state index is 5.42. The lowest BCUT2D eigenvalue weighted by atomic mass is 9.97. The maximum absolute atomic E-state index is 5.42.